The van der Waals surface area contributed by atoms with Crippen LogP contribution >= 0.6 is 0 Å². The van der Waals surface area contributed by atoms with Gasteiger partial charge in [0.2, 0.25) is 0 Å². The maximum atomic E-state index is 16.6. The lowest BCUT2D eigenvalue weighted by molar-refractivity contribution is -0.138. The summed E-state index contributed by atoms with van der Waals surface area (Å²) in [5, 5.41) is 81.0. The van der Waals surface area contributed by atoms with Gasteiger partial charge in [0.15, 0.2) is 0 Å². The van der Waals surface area contributed by atoms with Gasteiger partial charge in [-0.05, 0) is 198 Å². The molecule has 0 saturated carbocycles. The average molecular weight is 1630 g/mol. The molecule has 6 aliphatic rings. The lowest BCUT2D eigenvalue weighted by atomic mass is 9.92. The van der Waals surface area contributed by atoms with Gasteiger partial charge in [0.25, 0.3) is 0 Å². The van der Waals surface area contributed by atoms with Gasteiger partial charge >= 0.3 is 36.0 Å². The third-order valence-electron chi connectivity index (χ3n) is 21.9. The van der Waals surface area contributed by atoms with E-state index in [9.17, 15) is 81.6 Å². The minimum Gasteiger partial charge on any atom is -0.206 e. The second kappa shape index (κ2) is 33.0. The fourth-order valence-electron chi connectivity index (χ4n) is 16.4. The van der Waals surface area contributed by atoms with Crippen LogP contribution in [0.25, 0.3) is 62.5 Å². The number of nitriles is 8. The highest BCUT2D eigenvalue weighted by atomic mass is 19.4. The molecule has 0 amide bonds. The first kappa shape index (κ1) is 83.7. The lowest BCUT2D eigenvalue weighted by Crippen LogP contribution is -2.27. The smallest absolute Gasteiger partial charge is 0.206 e. The summed E-state index contributed by atoms with van der Waals surface area (Å²) in [6, 6.07) is 54.0. The van der Waals surface area contributed by atoms with Crippen molar-refractivity contribution in [2.75, 3.05) is 0 Å². The van der Waals surface area contributed by atoms with E-state index in [0.29, 0.717) is 67.3 Å². The third kappa shape index (κ3) is 14.9. The van der Waals surface area contributed by atoms with Gasteiger partial charge in [-0.3, -0.25) is 0 Å². The van der Waals surface area contributed by atoms with Crippen LogP contribution in [0.4, 0.5) is 48.3 Å². The van der Waals surface area contributed by atoms with E-state index in [-0.39, 0.29) is 143 Å². The molecule has 0 fully saturated rings. The molecule has 6 aliphatic carbocycles. The normalized spacial score (nSPS) is 13.4. The number of hydrogen-bond donors (Lipinski definition) is 0. The van der Waals surface area contributed by atoms with E-state index in [1.54, 1.807) is 48.5 Å². The van der Waals surface area contributed by atoms with Gasteiger partial charge in [0.1, 0.15) is 116 Å². The van der Waals surface area contributed by atoms with Crippen molar-refractivity contribution in [1.29, 1.82) is 42.1 Å². The van der Waals surface area contributed by atoms with Crippen LogP contribution in [0.15, 0.2) is 225 Å². The standard InChI is InChI=1S/C34H15F3N6.C32H15F5N4.C32H17F3N4/c1-18-4-6-19(7-5-18)30-26(33(42-2)43-3)13-25-28(17-41)31-24(27(16-40)32(25)30)12-23(21(14-38)15-39)29(31)20-8-10-22(11-9-20)34(35,36)37;1-16-4-6-17(7-5-16)26-24(31(40-2)41-3)13-23-28(26)29(33)22-12-21(19(14-38)15-39)25(27(22)30(23)34)18-8-10-20(11-9-18)32(35,36)37;1-18-4-6-19(7-5-18)30-26-12-21-14-27(23(16-36)17-37)29(20-8-10-24(11-9-20)32(33,34)35)25(21)13-22(26)15-28(30)31(38-2)39-3/h4-11H,12-13H2,1H3;4-11H,12-13H2,1H3;4-13H,14-15H2,1H3. The highest BCUT2D eigenvalue weighted by molar-refractivity contribution is 5.94. The largest absolute Gasteiger partial charge is 0.523 e. The number of rotatable bonds is 6. The summed E-state index contributed by atoms with van der Waals surface area (Å²) in [6.45, 7) is 51.0. The van der Waals surface area contributed by atoms with E-state index in [1.165, 1.54) is 24.3 Å². The van der Waals surface area contributed by atoms with Gasteiger partial charge in [0, 0.05) is 57.7 Å². The van der Waals surface area contributed by atoms with Crippen LogP contribution in [0.2, 0.25) is 0 Å². The molecule has 0 radical (unpaired) electrons. The van der Waals surface area contributed by atoms with Gasteiger partial charge in [0.05, 0.1) is 44.5 Å². The number of alkyl halides is 9. The van der Waals surface area contributed by atoms with Crippen LogP contribution in [-0.2, 0) is 57.1 Å². The molecule has 0 aromatic heterocycles. The van der Waals surface area contributed by atoms with E-state index >= 15 is 8.78 Å². The van der Waals surface area contributed by atoms with Crippen LogP contribution in [0.1, 0.15) is 111 Å². The van der Waals surface area contributed by atoms with E-state index in [2.05, 4.69) is 41.2 Å². The molecule has 15 rings (SSSR count). The maximum Gasteiger partial charge on any atom is 0.523 e. The summed E-state index contributed by atoms with van der Waals surface area (Å²) in [5.41, 5.74) is 8.72. The molecular formula is C98H47F11N14. The van der Waals surface area contributed by atoms with E-state index in [0.717, 1.165) is 97.9 Å². The number of benzene rings is 9. The topological polar surface area (TPSA) is 216 Å². The monoisotopic (exact) mass is 1630 g/mol. The number of nitrogens with zero attached hydrogens (tertiary/aromatic N) is 14. The number of aryl methyl sites for hydroxylation is 3. The van der Waals surface area contributed by atoms with Gasteiger partial charge < -0.3 is 0 Å². The molecule has 0 heterocycles. The van der Waals surface area contributed by atoms with E-state index < -0.39 is 52.4 Å². The predicted octanol–water partition coefficient (Wildman–Crippen LogP) is 17.8. The molecule has 0 saturated heterocycles. The second-order valence-corrected chi connectivity index (χ2v) is 28.6. The number of hydrogen-bond acceptors (Lipinski definition) is 8. The zero-order chi connectivity index (χ0) is 88.6. The number of halogens is 11. The van der Waals surface area contributed by atoms with Gasteiger partial charge in [-0.2, -0.15) is 111 Å². The van der Waals surface area contributed by atoms with E-state index in [4.69, 9.17) is 39.4 Å². The van der Waals surface area contributed by atoms with Crippen LogP contribution in [0, 0.1) is 162 Å². The first-order valence-electron chi connectivity index (χ1n) is 36.6. The molecule has 9 aromatic carbocycles. The highest BCUT2D eigenvalue weighted by Gasteiger charge is 2.41. The molecule has 0 unspecified atom stereocenters. The third-order valence-corrected chi connectivity index (χ3v) is 21.9. The molecular weight excluding hydrogens is 1580 g/mol. The van der Waals surface area contributed by atoms with Crippen molar-refractivity contribution in [1.82, 2.24) is 0 Å². The van der Waals surface area contributed by atoms with Crippen molar-refractivity contribution in [2.45, 2.75) is 77.8 Å². The van der Waals surface area contributed by atoms with E-state index in [1.807, 2.05) is 93.6 Å². The Balaban J connectivity index is 0.000000159. The van der Waals surface area contributed by atoms with Crippen LogP contribution in [0.5, 0.6) is 0 Å². The second-order valence-electron chi connectivity index (χ2n) is 28.6. The average Bonchev–Trinajstić information content (AvgIpc) is 1.56. The van der Waals surface area contributed by atoms with Crippen LogP contribution in [0.3, 0.4) is 0 Å². The molecule has 0 aliphatic heterocycles. The first-order chi connectivity index (χ1) is 58.9. The number of fused-ring (bicyclic) bond motifs is 6. The molecule has 0 bridgehead atoms. The fourth-order valence-corrected chi connectivity index (χ4v) is 16.4. The van der Waals surface area contributed by atoms with Gasteiger partial charge in [-0.25, -0.2) is 8.78 Å². The Kier molecular flexibility index (Phi) is 22.5. The zero-order valence-electron chi connectivity index (χ0n) is 64.2. The molecule has 586 valence electrons. The quantitative estimate of drug-likeness (QED) is 0.0884. The molecule has 9 aromatic rings. The minimum absolute atomic E-state index is 0.00175. The maximum absolute atomic E-state index is 16.6. The molecule has 25 heteroatoms. The van der Waals surface area contributed by atoms with Crippen molar-refractivity contribution in [3.63, 3.8) is 0 Å². The lowest BCUT2D eigenvalue weighted by Gasteiger charge is -2.11. The Bertz CT molecular complexity index is 7480. The van der Waals surface area contributed by atoms with Crippen molar-refractivity contribution in [2.24, 2.45) is 0 Å². The molecule has 0 atom stereocenters. The van der Waals surface area contributed by atoms with Crippen LogP contribution in [-0.4, -0.2) is 0 Å². The zero-order valence-corrected chi connectivity index (χ0v) is 64.2. The molecule has 123 heavy (non-hydrogen) atoms. The highest BCUT2D eigenvalue weighted by Crippen LogP contribution is 2.44. The summed E-state index contributed by atoms with van der Waals surface area (Å²) in [5.74, 6) is -2.27. The summed E-state index contributed by atoms with van der Waals surface area (Å²) in [7, 11) is 0. The van der Waals surface area contributed by atoms with Crippen molar-refractivity contribution >= 4 is 33.4 Å². The Labute approximate surface area is 694 Å². The summed E-state index contributed by atoms with van der Waals surface area (Å²) >= 11 is 0. The van der Waals surface area contributed by atoms with Crippen molar-refractivity contribution in [3.8, 4) is 48.6 Å². The minimum atomic E-state index is -4.63. The van der Waals surface area contributed by atoms with Crippen molar-refractivity contribution < 1.29 is 48.3 Å². The molecule has 0 N–H and O–H groups in total. The summed E-state index contributed by atoms with van der Waals surface area (Å²) in [6.07, 6.45) is -13.8. The van der Waals surface area contributed by atoms with Gasteiger partial charge in [-0.1, -0.05) is 126 Å². The van der Waals surface area contributed by atoms with Gasteiger partial charge in [-0.15, -0.1) is 0 Å². The van der Waals surface area contributed by atoms with Crippen LogP contribution < -0.4 is 31.3 Å². The SMILES string of the molecule is [C-]#[N+]C([N+]#[C-])=C1Cc2c(C#N)c3c(c(C#N)c2=C1c1ccc(C)cc1)CC(=C(C#N)C#N)C=3c1ccc(C(F)(F)F)cc1.[C-]#[N+]C([N+]#[C-])=C1Cc2c(F)c3c(c(F)c2=C1c1ccc(C)cc1)CC(=C(C#N)C#N)C=3c1ccc(C(F)(F)F)cc1.[C-]#[N+]C([N+]#[C-])=C1Cc2cc3c(cc2=C1c1ccc(C)cc1)CC(=C(C#N)C#N)C=3c1ccc(C(F)(F)F)cc1. The predicted molar refractivity (Wildman–Crippen MR) is 427 cm³/mol. The molecule has 14 nitrogen and oxygen atoms in total. The van der Waals surface area contributed by atoms with Crippen molar-refractivity contribution in [3.05, 3.63) is 448 Å². The Morgan fingerprint density at radius 1 is 0.293 bits per heavy atom. The Hall–Kier alpha value is -17.3. The summed E-state index contributed by atoms with van der Waals surface area (Å²) in [4.78, 5) is 20.3. The summed E-state index contributed by atoms with van der Waals surface area (Å²) < 4.78 is 152. The first-order valence-corrected chi connectivity index (χ1v) is 36.6. The molecule has 0 spiro atoms. The Morgan fingerprint density at radius 3 is 0.797 bits per heavy atom. The Morgan fingerprint density at radius 2 is 0.512 bits per heavy atom. The fraction of sp³-hybridized carbons (Fsp3) is 0.122. The number of allylic oxidation sites excluding steroid dienone is 9.